The number of thioether (sulfide) groups is 1. The number of anilines is 1. The molecule has 1 N–H and O–H groups in total. The molecule has 148 valence electrons. The topological polar surface area (TPSA) is 75.7 Å². The van der Waals surface area contributed by atoms with Gasteiger partial charge in [-0.2, -0.15) is 0 Å². The molecule has 0 fully saturated rings. The van der Waals surface area contributed by atoms with Gasteiger partial charge >= 0.3 is 5.97 Å². The average Bonchev–Trinajstić information content (AvgIpc) is 2.66. The first-order chi connectivity index (χ1) is 13.3. The van der Waals surface area contributed by atoms with Crippen LogP contribution in [0.15, 0.2) is 53.4 Å². The number of carbonyl (C=O) groups is 3. The predicted molar refractivity (Wildman–Crippen MR) is 111 cm³/mol. The van der Waals surface area contributed by atoms with Crippen molar-refractivity contribution in [1.29, 1.82) is 0 Å². The second-order valence-electron chi connectivity index (χ2n) is 6.48. The van der Waals surface area contributed by atoms with Gasteiger partial charge in [0.15, 0.2) is 6.10 Å². The Balaban J connectivity index is 2.01. The minimum Gasteiger partial charge on any atom is -0.449 e. The minimum absolute atomic E-state index is 0.0564. The molecule has 0 spiro atoms. The number of esters is 1. The molecule has 0 aliphatic carbocycles. The number of rotatable bonds is 7. The zero-order valence-electron chi connectivity index (χ0n) is 16.4. The zero-order valence-corrected chi connectivity index (χ0v) is 17.2. The molecule has 0 saturated carbocycles. The number of hydrogen-bond acceptors (Lipinski definition) is 5. The first-order valence-corrected chi connectivity index (χ1v) is 9.77. The van der Waals surface area contributed by atoms with Gasteiger partial charge in [-0.05, 0) is 43.7 Å². The molecule has 2 rings (SSSR count). The fourth-order valence-corrected chi connectivity index (χ4v) is 3.29. The number of benzene rings is 2. The van der Waals surface area contributed by atoms with E-state index in [1.807, 2.05) is 25.1 Å². The summed E-state index contributed by atoms with van der Waals surface area (Å²) in [5.41, 5.74) is 1.99. The van der Waals surface area contributed by atoms with E-state index in [9.17, 15) is 14.4 Å². The Morgan fingerprint density at radius 1 is 1.11 bits per heavy atom. The maximum Gasteiger partial charge on any atom is 0.340 e. The van der Waals surface area contributed by atoms with Crippen LogP contribution < -0.4 is 5.32 Å². The number of aryl methyl sites for hydroxylation is 1. The normalized spacial score (nSPS) is 11.4. The Hall–Kier alpha value is -2.80. The van der Waals surface area contributed by atoms with Crippen molar-refractivity contribution in [1.82, 2.24) is 4.90 Å². The van der Waals surface area contributed by atoms with Gasteiger partial charge in [-0.1, -0.05) is 24.3 Å². The number of ether oxygens (including phenoxy) is 1. The summed E-state index contributed by atoms with van der Waals surface area (Å²) in [6, 6.07) is 14.2. The quantitative estimate of drug-likeness (QED) is 0.570. The van der Waals surface area contributed by atoms with Crippen molar-refractivity contribution in [2.24, 2.45) is 0 Å². The number of hydrogen-bond donors (Lipinski definition) is 1. The number of nitrogens with zero attached hydrogens (tertiary/aromatic N) is 1. The maximum atomic E-state index is 12.6. The van der Waals surface area contributed by atoms with Crippen LogP contribution in [0, 0.1) is 6.92 Å². The third kappa shape index (κ3) is 6.13. The number of nitrogens with one attached hydrogen (secondary N) is 1. The maximum absolute atomic E-state index is 12.6. The van der Waals surface area contributed by atoms with Crippen LogP contribution in [-0.2, 0) is 14.3 Å². The van der Waals surface area contributed by atoms with E-state index in [-0.39, 0.29) is 11.7 Å². The SMILES string of the molecule is Cc1cccc(NC(=O)C(C)OC(=O)c2ccccc2SCC(=O)N(C)C)c1. The molecule has 2 amide bonds. The highest BCUT2D eigenvalue weighted by atomic mass is 32.2. The third-order valence-corrected chi connectivity index (χ3v) is 4.95. The molecule has 0 radical (unpaired) electrons. The Bertz CT molecular complexity index is 867. The van der Waals surface area contributed by atoms with Crippen molar-refractivity contribution in [2.45, 2.75) is 24.8 Å². The number of amides is 2. The Morgan fingerprint density at radius 2 is 1.82 bits per heavy atom. The summed E-state index contributed by atoms with van der Waals surface area (Å²) in [6.07, 6.45) is -0.963. The molecule has 1 unspecified atom stereocenters. The van der Waals surface area contributed by atoms with Crippen molar-refractivity contribution in [3.05, 3.63) is 59.7 Å². The van der Waals surface area contributed by atoms with E-state index in [1.54, 1.807) is 44.4 Å². The van der Waals surface area contributed by atoms with E-state index in [4.69, 9.17) is 4.74 Å². The molecule has 2 aromatic rings. The highest BCUT2D eigenvalue weighted by molar-refractivity contribution is 8.00. The van der Waals surface area contributed by atoms with E-state index < -0.39 is 18.0 Å². The lowest BCUT2D eigenvalue weighted by atomic mass is 10.2. The Labute approximate surface area is 169 Å². The summed E-state index contributed by atoms with van der Waals surface area (Å²) in [6.45, 7) is 3.45. The lowest BCUT2D eigenvalue weighted by Crippen LogP contribution is -2.30. The molecule has 1 atom stereocenters. The van der Waals surface area contributed by atoms with Crippen LogP contribution in [0.4, 0.5) is 5.69 Å². The zero-order chi connectivity index (χ0) is 20.7. The van der Waals surface area contributed by atoms with E-state index in [2.05, 4.69) is 5.32 Å². The molecule has 0 saturated heterocycles. The molecule has 0 heterocycles. The summed E-state index contributed by atoms with van der Waals surface area (Å²) in [5.74, 6) is -0.862. The fraction of sp³-hybridized carbons (Fsp3) is 0.286. The highest BCUT2D eigenvalue weighted by Crippen LogP contribution is 2.24. The van der Waals surface area contributed by atoms with Crippen LogP contribution in [0.25, 0.3) is 0 Å². The van der Waals surface area contributed by atoms with Crippen LogP contribution in [0.5, 0.6) is 0 Å². The first kappa shape index (κ1) is 21.5. The average molecular weight is 401 g/mol. The Morgan fingerprint density at radius 3 is 2.50 bits per heavy atom. The first-order valence-electron chi connectivity index (χ1n) is 8.78. The van der Waals surface area contributed by atoms with Gasteiger partial charge in [-0.3, -0.25) is 9.59 Å². The van der Waals surface area contributed by atoms with Crippen LogP contribution >= 0.6 is 11.8 Å². The summed E-state index contributed by atoms with van der Waals surface area (Å²) in [7, 11) is 3.36. The van der Waals surface area contributed by atoms with Gasteiger partial charge in [0.1, 0.15) is 0 Å². The van der Waals surface area contributed by atoms with Gasteiger partial charge in [0, 0.05) is 24.7 Å². The molecule has 0 aromatic heterocycles. The molecule has 6 nitrogen and oxygen atoms in total. The smallest absolute Gasteiger partial charge is 0.340 e. The molecule has 2 aromatic carbocycles. The number of carbonyl (C=O) groups excluding carboxylic acids is 3. The third-order valence-electron chi connectivity index (χ3n) is 3.90. The highest BCUT2D eigenvalue weighted by Gasteiger charge is 2.21. The van der Waals surface area contributed by atoms with Crippen molar-refractivity contribution in [3.63, 3.8) is 0 Å². The Kier molecular flexibility index (Phi) is 7.63. The summed E-state index contributed by atoms with van der Waals surface area (Å²) in [4.78, 5) is 38.8. The van der Waals surface area contributed by atoms with Gasteiger partial charge < -0.3 is 15.0 Å². The fourth-order valence-electron chi connectivity index (χ4n) is 2.27. The van der Waals surface area contributed by atoms with Gasteiger partial charge in [-0.25, -0.2) is 4.79 Å². The molecular formula is C21H24N2O4S. The second-order valence-corrected chi connectivity index (χ2v) is 7.50. The van der Waals surface area contributed by atoms with Crippen LogP contribution in [0.2, 0.25) is 0 Å². The van der Waals surface area contributed by atoms with Gasteiger partial charge in [0.05, 0.1) is 11.3 Å². The van der Waals surface area contributed by atoms with Crippen molar-refractivity contribution >= 4 is 35.2 Å². The largest absolute Gasteiger partial charge is 0.449 e. The van der Waals surface area contributed by atoms with E-state index in [1.165, 1.54) is 23.6 Å². The van der Waals surface area contributed by atoms with E-state index in [0.717, 1.165) is 5.56 Å². The molecule has 0 aliphatic rings. The summed E-state index contributed by atoms with van der Waals surface area (Å²) >= 11 is 1.26. The second kappa shape index (κ2) is 9.94. The molecule has 0 bridgehead atoms. The van der Waals surface area contributed by atoms with E-state index in [0.29, 0.717) is 16.1 Å². The van der Waals surface area contributed by atoms with Crippen molar-refractivity contribution in [2.75, 3.05) is 25.2 Å². The molecule has 0 aliphatic heterocycles. The predicted octanol–water partition coefficient (Wildman–Crippen LogP) is 3.36. The van der Waals surface area contributed by atoms with Crippen molar-refractivity contribution in [3.8, 4) is 0 Å². The van der Waals surface area contributed by atoms with Crippen molar-refractivity contribution < 1.29 is 19.1 Å². The van der Waals surface area contributed by atoms with Crippen LogP contribution in [0.3, 0.4) is 0 Å². The van der Waals surface area contributed by atoms with Gasteiger partial charge in [-0.15, -0.1) is 11.8 Å². The standard InChI is InChI=1S/C21H24N2O4S/c1-14-8-7-9-16(12-14)22-20(25)15(2)27-21(26)17-10-5-6-11-18(17)28-13-19(24)23(3)4/h5-12,15H,13H2,1-4H3,(H,22,25). The van der Waals surface area contributed by atoms with E-state index >= 15 is 0 Å². The lowest BCUT2D eigenvalue weighted by molar-refractivity contribution is -0.126. The minimum atomic E-state index is -0.963. The van der Waals surface area contributed by atoms with Gasteiger partial charge in [0.25, 0.3) is 5.91 Å². The van der Waals surface area contributed by atoms with Gasteiger partial charge in [0.2, 0.25) is 5.91 Å². The molecular weight excluding hydrogens is 376 g/mol. The molecule has 7 heteroatoms. The summed E-state index contributed by atoms with van der Waals surface area (Å²) in [5, 5.41) is 2.73. The summed E-state index contributed by atoms with van der Waals surface area (Å²) < 4.78 is 5.34. The van der Waals surface area contributed by atoms with Crippen LogP contribution in [-0.4, -0.2) is 48.6 Å². The van der Waals surface area contributed by atoms with Crippen LogP contribution in [0.1, 0.15) is 22.8 Å². The molecule has 28 heavy (non-hydrogen) atoms. The lowest BCUT2D eigenvalue weighted by Gasteiger charge is -2.15. The monoisotopic (exact) mass is 400 g/mol.